The summed E-state index contributed by atoms with van der Waals surface area (Å²) < 4.78 is 39.0. The van der Waals surface area contributed by atoms with Gasteiger partial charge in [-0.3, -0.25) is 0 Å². The van der Waals surface area contributed by atoms with Crippen molar-refractivity contribution in [2.24, 2.45) is 5.73 Å². The van der Waals surface area contributed by atoms with Gasteiger partial charge >= 0.3 is 0 Å². The molecule has 1 aromatic carbocycles. The molecule has 4 nitrogen and oxygen atoms in total. The third-order valence-electron chi connectivity index (χ3n) is 2.19. The lowest BCUT2D eigenvalue weighted by atomic mass is 10.1. The Bertz CT molecular complexity index is 492. The summed E-state index contributed by atoms with van der Waals surface area (Å²) in [5, 5.41) is 0. The van der Waals surface area contributed by atoms with E-state index in [1.54, 1.807) is 19.9 Å². The highest BCUT2D eigenvalue weighted by molar-refractivity contribution is 7.88. The van der Waals surface area contributed by atoms with E-state index in [9.17, 15) is 12.8 Å². The van der Waals surface area contributed by atoms with Crippen molar-refractivity contribution < 1.29 is 12.8 Å². The fraction of sp³-hybridized carbons (Fsp3) is 0.455. The van der Waals surface area contributed by atoms with E-state index >= 15 is 0 Å². The van der Waals surface area contributed by atoms with Gasteiger partial charge in [-0.05, 0) is 31.5 Å². The van der Waals surface area contributed by atoms with Crippen molar-refractivity contribution in [3.8, 4) is 0 Å². The molecule has 0 atom stereocenters. The van der Waals surface area contributed by atoms with Crippen molar-refractivity contribution in [1.82, 2.24) is 4.72 Å². The second-order valence-electron chi connectivity index (χ2n) is 4.58. The number of hydrogen-bond donors (Lipinski definition) is 2. The number of sulfonamides is 1. The first-order valence-electron chi connectivity index (χ1n) is 5.20. The fourth-order valence-electron chi connectivity index (χ4n) is 1.34. The maximum absolute atomic E-state index is 12.9. The molecule has 3 N–H and O–H groups in total. The van der Waals surface area contributed by atoms with E-state index < -0.39 is 21.4 Å². The van der Waals surface area contributed by atoms with E-state index in [0.717, 1.165) is 0 Å². The van der Waals surface area contributed by atoms with Crippen LogP contribution in [-0.2, 0) is 15.8 Å². The average Bonchev–Trinajstić information content (AvgIpc) is 2.15. The third-order valence-corrected chi connectivity index (χ3v) is 3.76. The Labute approximate surface area is 113 Å². The molecule has 0 saturated heterocycles. The molecule has 0 amide bonds. The Hall–Kier alpha value is -0.690. The molecule has 0 unspecified atom stereocenters. The summed E-state index contributed by atoms with van der Waals surface area (Å²) in [7, 11) is -3.52. The first kappa shape index (κ1) is 17.3. The zero-order valence-corrected chi connectivity index (χ0v) is 11.9. The van der Waals surface area contributed by atoms with Crippen LogP contribution in [0.5, 0.6) is 0 Å². The number of nitrogens with two attached hydrogens (primary N) is 1. The summed E-state index contributed by atoms with van der Waals surface area (Å²) in [6.07, 6.45) is 0. The van der Waals surface area contributed by atoms with Gasteiger partial charge in [-0.2, -0.15) is 0 Å². The Morgan fingerprint density at radius 2 is 2.00 bits per heavy atom. The summed E-state index contributed by atoms with van der Waals surface area (Å²) >= 11 is 0. The van der Waals surface area contributed by atoms with Gasteiger partial charge < -0.3 is 5.73 Å². The van der Waals surface area contributed by atoms with E-state index in [0.29, 0.717) is 5.56 Å². The molecule has 0 radical (unpaired) electrons. The predicted octanol–water partition coefficient (Wildman–Crippen LogP) is 1.40. The predicted molar refractivity (Wildman–Crippen MR) is 72.5 cm³/mol. The minimum atomic E-state index is -3.52. The highest BCUT2D eigenvalue weighted by atomic mass is 35.5. The van der Waals surface area contributed by atoms with Gasteiger partial charge in [0.2, 0.25) is 10.0 Å². The molecule has 104 valence electrons. The molecule has 0 heterocycles. The molecule has 0 aliphatic heterocycles. The van der Waals surface area contributed by atoms with Crippen LogP contribution in [0.4, 0.5) is 4.39 Å². The van der Waals surface area contributed by atoms with E-state index in [2.05, 4.69) is 4.72 Å². The molecular formula is C11H18ClFN2O2S. The monoisotopic (exact) mass is 296 g/mol. The van der Waals surface area contributed by atoms with Crippen LogP contribution in [0.1, 0.15) is 19.4 Å². The SMILES string of the molecule is CC(C)(CN)NS(=O)(=O)Cc1cccc(F)c1.Cl. The smallest absolute Gasteiger partial charge is 0.216 e. The van der Waals surface area contributed by atoms with Gasteiger partial charge in [-0.1, -0.05) is 12.1 Å². The summed E-state index contributed by atoms with van der Waals surface area (Å²) in [5.41, 5.74) is 5.15. The van der Waals surface area contributed by atoms with Gasteiger partial charge in [-0.15, -0.1) is 12.4 Å². The summed E-state index contributed by atoms with van der Waals surface area (Å²) in [4.78, 5) is 0. The van der Waals surface area contributed by atoms with Crippen LogP contribution < -0.4 is 10.5 Å². The second-order valence-corrected chi connectivity index (χ2v) is 6.30. The van der Waals surface area contributed by atoms with Crippen molar-refractivity contribution in [1.29, 1.82) is 0 Å². The summed E-state index contributed by atoms with van der Waals surface area (Å²) in [5.74, 6) is -0.704. The molecule has 7 heteroatoms. The Morgan fingerprint density at radius 3 is 2.50 bits per heavy atom. The number of halogens is 2. The van der Waals surface area contributed by atoms with Crippen LogP contribution in [0, 0.1) is 5.82 Å². The van der Waals surface area contributed by atoms with Gasteiger partial charge in [0.25, 0.3) is 0 Å². The molecule has 0 saturated carbocycles. The Kier molecular flexibility index (Phi) is 6.22. The molecule has 1 aromatic rings. The molecule has 18 heavy (non-hydrogen) atoms. The van der Waals surface area contributed by atoms with E-state index in [-0.39, 0.29) is 24.7 Å². The van der Waals surface area contributed by atoms with Gasteiger partial charge in [0.05, 0.1) is 5.75 Å². The maximum Gasteiger partial charge on any atom is 0.216 e. The number of hydrogen-bond acceptors (Lipinski definition) is 3. The van der Waals surface area contributed by atoms with Crippen molar-refractivity contribution in [3.63, 3.8) is 0 Å². The molecule has 0 aliphatic rings. The van der Waals surface area contributed by atoms with Crippen molar-refractivity contribution in [2.75, 3.05) is 6.54 Å². The Balaban J connectivity index is 0.00000289. The zero-order valence-electron chi connectivity index (χ0n) is 10.3. The van der Waals surface area contributed by atoms with Crippen molar-refractivity contribution in [2.45, 2.75) is 25.1 Å². The molecule has 0 fully saturated rings. The molecule has 0 aromatic heterocycles. The lowest BCUT2D eigenvalue weighted by Gasteiger charge is -2.23. The van der Waals surface area contributed by atoms with Gasteiger partial charge in [0, 0.05) is 12.1 Å². The largest absolute Gasteiger partial charge is 0.329 e. The normalized spacial score (nSPS) is 12.0. The summed E-state index contributed by atoms with van der Waals surface area (Å²) in [6.45, 7) is 3.57. The lowest BCUT2D eigenvalue weighted by molar-refractivity contribution is 0.462. The standard InChI is InChI=1S/C11H17FN2O2S.ClH/c1-11(2,8-13)14-17(15,16)7-9-4-3-5-10(12)6-9;/h3-6,14H,7-8,13H2,1-2H3;1H. The third kappa shape index (κ3) is 5.77. The van der Waals surface area contributed by atoms with E-state index in [1.165, 1.54) is 18.2 Å². The molecular weight excluding hydrogens is 279 g/mol. The van der Waals surface area contributed by atoms with Crippen molar-refractivity contribution in [3.05, 3.63) is 35.6 Å². The zero-order chi connectivity index (χ0) is 13.1. The van der Waals surface area contributed by atoms with Crippen LogP contribution in [0.3, 0.4) is 0 Å². The van der Waals surface area contributed by atoms with Crippen LogP contribution in [0.15, 0.2) is 24.3 Å². The molecule has 0 aliphatic carbocycles. The molecule has 0 bridgehead atoms. The topological polar surface area (TPSA) is 72.2 Å². The van der Waals surface area contributed by atoms with Gasteiger partial charge in [-0.25, -0.2) is 17.5 Å². The quantitative estimate of drug-likeness (QED) is 0.863. The average molecular weight is 297 g/mol. The number of benzene rings is 1. The summed E-state index contributed by atoms with van der Waals surface area (Å²) in [6, 6.07) is 5.52. The second kappa shape index (κ2) is 6.47. The van der Waals surface area contributed by atoms with E-state index in [1.807, 2.05) is 0 Å². The van der Waals surface area contributed by atoms with Crippen LogP contribution in [0.25, 0.3) is 0 Å². The highest BCUT2D eigenvalue weighted by Gasteiger charge is 2.23. The van der Waals surface area contributed by atoms with Crippen LogP contribution >= 0.6 is 12.4 Å². The van der Waals surface area contributed by atoms with Crippen molar-refractivity contribution >= 4 is 22.4 Å². The number of nitrogens with one attached hydrogen (secondary N) is 1. The van der Waals surface area contributed by atoms with Gasteiger partial charge in [0.15, 0.2) is 0 Å². The molecule has 0 spiro atoms. The van der Waals surface area contributed by atoms with Crippen LogP contribution in [0.2, 0.25) is 0 Å². The fourth-order valence-corrected chi connectivity index (χ4v) is 2.96. The first-order chi connectivity index (χ1) is 7.74. The lowest BCUT2D eigenvalue weighted by Crippen LogP contribution is -2.49. The van der Waals surface area contributed by atoms with Gasteiger partial charge in [0.1, 0.15) is 5.82 Å². The highest BCUT2D eigenvalue weighted by Crippen LogP contribution is 2.10. The minimum absolute atomic E-state index is 0. The first-order valence-corrected chi connectivity index (χ1v) is 6.85. The minimum Gasteiger partial charge on any atom is -0.329 e. The van der Waals surface area contributed by atoms with E-state index in [4.69, 9.17) is 5.73 Å². The van der Waals surface area contributed by atoms with Crippen LogP contribution in [-0.4, -0.2) is 20.5 Å². The maximum atomic E-state index is 12.9. The molecule has 1 rings (SSSR count). The Morgan fingerprint density at radius 1 is 1.39 bits per heavy atom. The number of rotatable bonds is 5.